The summed E-state index contributed by atoms with van der Waals surface area (Å²) in [6.45, 7) is 1.66. The first-order valence-corrected chi connectivity index (χ1v) is 7.65. The van der Waals surface area contributed by atoms with Gasteiger partial charge in [-0.3, -0.25) is 0 Å². The van der Waals surface area contributed by atoms with E-state index in [-0.39, 0.29) is 12.4 Å². The average molecular weight is 321 g/mol. The number of hydrogen-bond acceptors (Lipinski definition) is 5. The lowest BCUT2D eigenvalue weighted by Gasteiger charge is -2.22. The number of aromatic nitrogens is 2. The van der Waals surface area contributed by atoms with E-state index >= 15 is 0 Å². The van der Waals surface area contributed by atoms with Gasteiger partial charge in [-0.25, -0.2) is 0 Å². The highest BCUT2D eigenvalue weighted by atomic mass is 35.5. The third-order valence-corrected chi connectivity index (χ3v) is 3.66. The number of unbranched alkanes of at least 4 members (excludes halogenated alkanes) is 3. The highest BCUT2D eigenvalue weighted by Gasteiger charge is 2.18. The maximum Gasteiger partial charge on any atom is 0.253 e. The fraction of sp³-hybridized carbons (Fsp3) is 0.714. The third-order valence-electron chi connectivity index (χ3n) is 3.15. The molecule has 0 unspecified atom stereocenters. The summed E-state index contributed by atoms with van der Waals surface area (Å²) in [5.74, 6) is 0.542. The highest BCUT2D eigenvalue weighted by Crippen LogP contribution is 2.27. The normalized spacial score (nSPS) is 18.4. The van der Waals surface area contributed by atoms with Gasteiger partial charge < -0.3 is 9.64 Å². The van der Waals surface area contributed by atoms with Gasteiger partial charge in [0.15, 0.2) is 0 Å². The molecule has 0 amide bonds. The summed E-state index contributed by atoms with van der Waals surface area (Å²) in [6.07, 6.45) is 7.32. The first kappa shape index (κ1) is 13.0. The average Bonchev–Trinajstić information content (AvgIpc) is 2.95. The van der Waals surface area contributed by atoms with Crippen molar-refractivity contribution in [2.24, 2.45) is 0 Å². The molecule has 114 valence electrons. The molecule has 0 aliphatic carbocycles. The Hall–Kier alpha value is -0.650. The number of ether oxygens (including phenoxy) is 1. The number of hydrogen-bond donors (Lipinski definition) is 0. The van der Waals surface area contributed by atoms with Crippen LogP contribution in [-0.4, -0.2) is 40.3 Å². The topological polar surface area (TPSA) is 38.2 Å². The fourth-order valence-corrected chi connectivity index (χ4v) is 2.62. The van der Waals surface area contributed by atoms with Gasteiger partial charge in [0.1, 0.15) is 5.69 Å². The minimum atomic E-state index is -2.07. The van der Waals surface area contributed by atoms with Crippen molar-refractivity contribution in [1.82, 2.24) is 13.6 Å². The van der Waals surface area contributed by atoms with E-state index in [1.807, 2.05) is 6.08 Å². The molecule has 0 saturated heterocycles. The number of rotatable bonds is 7. The second kappa shape index (κ2) is 9.32. The van der Waals surface area contributed by atoms with Crippen LogP contribution in [0.25, 0.3) is 5.57 Å². The molecule has 1 aliphatic heterocycles. The van der Waals surface area contributed by atoms with Gasteiger partial charge in [-0.2, -0.15) is 4.37 Å². The summed E-state index contributed by atoms with van der Waals surface area (Å²) in [6, 6.07) is 0. The molecular formula is C14H24ClN3OS. The lowest BCUT2D eigenvalue weighted by Crippen LogP contribution is -2.25. The van der Waals surface area contributed by atoms with Crippen LogP contribution >= 0.6 is 24.1 Å². The lowest BCUT2D eigenvalue weighted by atomic mass is 10.1. The van der Waals surface area contributed by atoms with Crippen LogP contribution in [0.2, 0.25) is 0 Å². The molecule has 0 spiro atoms. The van der Waals surface area contributed by atoms with Gasteiger partial charge in [0.25, 0.3) is 5.88 Å². The monoisotopic (exact) mass is 320 g/mol. The standard InChI is InChI=1S/C14H23N3OS.ClH/c1-3-4-5-6-10-18-14-13(15-19-16-14)12-8-7-9-17(2)11-12;/h8H,3-7,9-11H2,1-2H3;1H/i2D3;. The predicted molar refractivity (Wildman–Crippen MR) is 86.9 cm³/mol. The molecule has 0 radical (unpaired) electrons. The summed E-state index contributed by atoms with van der Waals surface area (Å²) in [7, 11) is 0. The van der Waals surface area contributed by atoms with E-state index in [2.05, 4.69) is 15.7 Å². The summed E-state index contributed by atoms with van der Waals surface area (Å²) in [5.41, 5.74) is 1.61. The Morgan fingerprint density at radius 1 is 1.40 bits per heavy atom. The van der Waals surface area contributed by atoms with Crippen LogP contribution in [-0.2, 0) is 0 Å². The van der Waals surface area contributed by atoms with Crippen molar-refractivity contribution in [2.45, 2.75) is 39.0 Å². The van der Waals surface area contributed by atoms with Gasteiger partial charge in [0.05, 0.1) is 18.3 Å². The zero-order valence-corrected chi connectivity index (χ0v) is 13.4. The molecule has 1 aromatic rings. The van der Waals surface area contributed by atoms with E-state index < -0.39 is 6.98 Å². The molecule has 0 N–H and O–H groups in total. The maximum atomic E-state index is 7.54. The van der Waals surface area contributed by atoms with Crippen molar-refractivity contribution in [3.63, 3.8) is 0 Å². The Balaban J connectivity index is 0.00000264. The maximum absolute atomic E-state index is 7.54. The summed E-state index contributed by atoms with van der Waals surface area (Å²) in [4.78, 5) is 1.49. The van der Waals surface area contributed by atoms with E-state index in [4.69, 9.17) is 8.85 Å². The second-order valence-corrected chi connectivity index (χ2v) is 5.30. The van der Waals surface area contributed by atoms with Crippen LogP contribution in [0.3, 0.4) is 0 Å². The summed E-state index contributed by atoms with van der Waals surface area (Å²) in [5, 5.41) is 0. The van der Waals surface area contributed by atoms with Crippen molar-refractivity contribution in [3.8, 4) is 5.88 Å². The molecule has 2 heterocycles. The van der Waals surface area contributed by atoms with Crippen molar-refractivity contribution in [3.05, 3.63) is 11.8 Å². The van der Waals surface area contributed by atoms with Crippen LogP contribution in [0, 0.1) is 0 Å². The van der Waals surface area contributed by atoms with Crippen LogP contribution in [0.1, 0.15) is 48.8 Å². The van der Waals surface area contributed by atoms with Gasteiger partial charge in [-0.05, 0) is 25.4 Å². The molecule has 2 rings (SSSR count). The number of halogens is 1. The minimum absolute atomic E-state index is 0. The van der Waals surface area contributed by atoms with E-state index in [1.165, 1.54) is 17.7 Å². The Bertz CT molecular complexity index is 508. The van der Waals surface area contributed by atoms with E-state index in [0.29, 0.717) is 37.7 Å². The van der Waals surface area contributed by atoms with Crippen molar-refractivity contribution >= 4 is 29.7 Å². The Morgan fingerprint density at radius 2 is 2.30 bits per heavy atom. The first-order valence-electron chi connectivity index (χ1n) is 8.42. The van der Waals surface area contributed by atoms with Crippen LogP contribution < -0.4 is 4.74 Å². The molecule has 4 nitrogen and oxygen atoms in total. The number of nitrogens with zero attached hydrogens (tertiary/aromatic N) is 3. The molecular weight excluding hydrogens is 294 g/mol. The summed E-state index contributed by atoms with van der Waals surface area (Å²) < 4.78 is 36.9. The Morgan fingerprint density at radius 3 is 3.10 bits per heavy atom. The molecule has 6 heteroatoms. The van der Waals surface area contributed by atoms with Crippen LogP contribution in [0.15, 0.2) is 6.08 Å². The zero-order chi connectivity index (χ0) is 16.0. The molecule has 0 atom stereocenters. The Labute approximate surface area is 136 Å². The van der Waals surface area contributed by atoms with E-state index in [9.17, 15) is 0 Å². The minimum Gasteiger partial charge on any atom is -0.475 e. The molecule has 1 aliphatic rings. The fourth-order valence-electron chi connectivity index (χ4n) is 2.08. The second-order valence-electron chi connectivity index (χ2n) is 4.77. The first-order chi connectivity index (χ1) is 10.5. The molecule has 0 fully saturated rings. The molecule has 0 saturated carbocycles. The predicted octanol–water partition coefficient (Wildman–Crippen LogP) is 3.64. The van der Waals surface area contributed by atoms with Gasteiger partial charge in [0, 0.05) is 17.2 Å². The quantitative estimate of drug-likeness (QED) is 0.719. The smallest absolute Gasteiger partial charge is 0.253 e. The van der Waals surface area contributed by atoms with E-state index in [0.717, 1.165) is 30.1 Å². The molecule has 0 aromatic carbocycles. The lowest BCUT2D eigenvalue weighted by molar-refractivity contribution is 0.294. The van der Waals surface area contributed by atoms with Gasteiger partial charge >= 0.3 is 0 Å². The van der Waals surface area contributed by atoms with E-state index in [1.54, 1.807) is 0 Å². The van der Waals surface area contributed by atoms with Crippen molar-refractivity contribution in [2.75, 3.05) is 26.7 Å². The highest BCUT2D eigenvalue weighted by molar-refractivity contribution is 6.99. The van der Waals surface area contributed by atoms with Crippen molar-refractivity contribution in [1.29, 1.82) is 0 Å². The van der Waals surface area contributed by atoms with Gasteiger partial charge in [0.2, 0.25) is 0 Å². The SMILES string of the molecule is Cl.[2H]C([2H])([2H])N1CCC=C(c2nsnc2OCCCCCC)C1. The third kappa shape index (κ3) is 5.04. The Kier molecular flexibility index (Phi) is 6.08. The largest absolute Gasteiger partial charge is 0.475 e. The van der Waals surface area contributed by atoms with Crippen LogP contribution in [0.4, 0.5) is 0 Å². The van der Waals surface area contributed by atoms with Crippen molar-refractivity contribution < 1.29 is 8.85 Å². The molecule has 20 heavy (non-hydrogen) atoms. The zero-order valence-electron chi connectivity index (χ0n) is 14.8. The van der Waals surface area contributed by atoms with Gasteiger partial charge in [-0.1, -0.05) is 32.3 Å². The summed E-state index contributed by atoms with van der Waals surface area (Å²) >= 11 is 1.11. The molecule has 0 bridgehead atoms. The van der Waals surface area contributed by atoms with Crippen LogP contribution in [0.5, 0.6) is 5.88 Å². The number of likely N-dealkylation sites (N-methyl/N-ethyl adjacent to an activating group) is 1. The van der Waals surface area contributed by atoms with Gasteiger partial charge in [-0.15, -0.1) is 16.8 Å². The molecule has 1 aromatic heterocycles.